The Balaban J connectivity index is 2.21. The van der Waals surface area contributed by atoms with Gasteiger partial charge in [-0.3, -0.25) is 0 Å². The molecule has 0 saturated carbocycles. The molecule has 0 amide bonds. The Morgan fingerprint density at radius 3 is 1.62 bits per heavy atom. The molecule has 0 aromatic heterocycles. The molecular weight excluding hydrogens is 327 g/mol. The first-order valence-corrected chi connectivity index (χ1v) is 10.00. The molecule has 0 aliphatic rings. The van der Waals surface area contributed by atoms with Crippen molar-refractivity contribution in [3.05, 3.63) is 84.4 Å². The average molecular weight is 350 g/mol. The summed E-state index contributed by atoms with van der Waals surface area (Å²) in [6.07, 6.45) is 0. The van der Waals surface area contributed by atoms with Crippen LogP contribution in [0.2, 0.25) is 0 Å². The molecule has 0 heterocycles. The second kappa shape index (κ2) is 7.13. The van der Waals surface area contributed by atoms with E-state index < -0.39 is 7.92 Å². The fourth-order valence-electron chi connectivity index (χ4n) is 2.90. The summed E-state index contributed by atoms with van der Waals surface area (Å²) in [5, 5.41) is 4.05. The van der Waals surface area contributed by atoms with Crippen LogP contribution in [0.1, 0.15) is 26.3 Å². The molecule has 0 N–H and O–H groups in total. The topological polar surface area (TPSA) is 0 Å². The zero-order chi connectivity index (χ0) is 17.2. The second-order valence-electron chi connectivity index (χ2n) is 6.93. The van der Waals surface area contributed by atoms with Gasteiger partial charge >= 0.3 is 0 Å². The minimum atomic E-state index is -0.607. The lowest BCUT2D eigenvalue weighted by atomic mass is 9.87. The third-order valence-corrected chi connectivity index (χ3v) is 7.23. The zero-order valence-corrected chi connectivity index (χ0v) is 16.2. The summed E-state index contributed by atoms with van der Waals surface area (Å²) in [5.74, 6) is 0. The van der Waals surface area contributed by atoms with Crippen molar-refractivity contribution in [3.8, 4) is 0 Å². The molecule has 3 rings (SSSR count). The quantitative estimate of drug-likeness (QED) is 0.497. The lowest BCUT2D eigenvalue weighted by molar-refractivity contribution is 0.579. The van der Waals surface area contributed by atoms with Crippen LogP contribution in [0.4, 0.5) is 0 Å². The van der Waals surface area contributed by atoms with Crippen molar-refractivity contribution < 1.29 is 0 Å². The fourth-order valence-corrected chi connectivity index (χ4v) is 6.05. The Hall–Kier alpha value is -1.56. The molecule has 2 heteroatoms. The minimum Gasteiger partial charge on any atom is -0.142 e. The van der Waals surface area contributed by atoms with Crippen LogP contribution in [-0.2, 0) is 5.41 Å². The van der Waals surface area contributed by atoms with Gasteiger partial charge in [0.15, 0.2) is 0 Å². The third-order valence-electron chi connectivity index (χ3n) is 4.09. The van der Waals surface area contributed by atoms with Gasteiger partial charge in [0, 0.05) is 4.90 Å². The van der Waals surface area contributed by atoms with E-state index in [4.69, 9.17) is 12.6 Å². The SMILES string of the molecule is CC(C)(C)c1cccc(P(c2ccccc2)c2ccccc2)c1S. The van der Waals surface area contributed by atoms with Gasteiger partial charge in [-0.1, -0.05) is 99.6 Å². The fraction of sp³-hybridized carbons (Fsp3) is 0.182. The lowest BCUT2D eigenvalue weighted by Gasteiger charge is -2.26. The summed E-state index contributed by atoms with van der Waals surface area (Å²) >= 11 is 4.96. The molecule has 0 saturated heterocycles. The van der Waals surface area contributed by atoms with E-state index in [0.29, 0.717) is 0 Å². The first-order chi connectivity index (χ1) is 11.5. The molecule has 0 spiro atoms. The van der Waals surface area contributed by atoms with Gasteiger partial charge < -0.3 is 0 Å². The Bertz CT molecular complexity index is 765. The molecule has 3 aromatic carbocycles. The van der Waals surface area contributed by atoms with Gasteiger partial charge in [0.05, 0.1) is 0 Å². The van der Waals surface area contributed by atoms with E-state index in [9.17, 15) is 0 Å². The number of rotatable bonds is 3. The van der Waals surface area contributed by atoms with E-state index in [1.54, 1.807) is 0 Å². The standard InChI is InChI=1S/C22H23PS/c1-22(2,3)19-15-10-16-20(21(19)24)23(17-11-6-4-7-12-17)18-13-8-5-9-14-18/h4-16,24H,1-3H3. The van der Waals surface area contributed by atoms with Crippen molar-refractivity contribution in [2.24, 2.45) is 0 Å². The predicted molar refractivity (Wildman–Crippen MR) is 111 cm³/mol. The van der Waals surface area contributed by atoms with Crippen molar-refractivity contribution in [2.45, 2.75) is 31.1 Å². The van der Waals surface area contributed by atoms with Crippen LogP contribution in [0.3, 0.4) is 0 Å². The summed E-state index contributed by atoms with van der Waals surface area (Å²) in [6, 6.07) is 28.2. The van der Waals surface area contributed by atoms with Crippen LogP contribution >= 0.6 is 20.6 Å². The maximum atomic E-state index is 4.96. The molecule has 122 valence electrons. The van der Waals surface area contributed by atoms with E-state index in [1.807, 2.05) is 0 Å². The smallest absolute Gasteiger partial charge is 0.0161 e. The van der Waals surface area contributed by atoms with E-state index in [-0.39, 0.29) is 5.41 Å². The normalized spacial score (nSPS) is 11.7. The van der Waals surface area contributed by atoms with Crippen LogP contribution in [-0.4, -0.2) is 0 Å². The summed E-state index contributed by atoms with van der Waals surface area (Å²) in [7, 11) is -0.607. The maximum absolute atomic E-state index is 4.96. The maximum Gasteiger partial charge on any atom is 0.0161 e. The van der Waals surface area contributed by atoms with E-state index in [2.05, 4.69) is 99.6 Å². The number of thiol groups is 1. The van der Waals surface area contributed by atoms with Gasteiger partial charge in [-0.15, -0.1) is 12.6 Å². The van der Waals surface area contributed by atoms with Gasteiger partial charge in [-0.25, -0.2) is 0 Å². The summed E-state index contributed by atoms with van der Waals surface area (Å²) in [5.41, 5.74) is 1.39. The van der Waals surface area contributed by atoms with Gasteiger partial charge in [0.25, 0.3) is 0 Å². The summed E-state index contributed by atoms with van der Waals surface area (Å²) in [6.45, 7) is 6.75. The average Bonchev–Trinajstić information content (AvgIpc) is 2.58. The predicted octanol–water partition coefficient (Wildman–Crippen LogP) is 5.03. The third kappa shape index (κ3) is 3.58. The van der Waals surface area contributed by atoms with Crippen molar-refractivity contribution >= 4 is 36.5 Å². The van der Waals surface area contributed by atoms with Crippen molar-refractivity contribution in [1.29, 1.82) is 0 Å². The molecule has 0 unspecified atom stereocenters. The van der Waals surface area contributed by atoms with Crippen molar-refractivity contribution in [3.63, 3.8) is 0 Å². The first-order valence-electron chi connectivity index (χ1n) is 8.21. The van der Waals surface area contributed by atoms with Crippen LogP contribution in [0.5, 0.6) is 0 Å². The summed E-state index contributed by atoms with van der Waals surface area (Å²) in [4.78, 5) is 1.13. The van der Waals surface area contributed by atoms with E-state index >= 15 is 0 Å². The molecule has 0 atom stereocenters. The number of hydrogen-bond acceptors (Lipinski definition) is 1. The molecule has 0 aliphatic carbocycles. The highest BCUT2D eigenvalue weighted by atomic mass is 32.1. The summed E-state index contributed by atoms with van der Waals surface area (Å²) < 4.78 is 0. The van der Waals surface area contributed by atoms with E-state index in [1.165, 1.54) is 21.5 Å². The Morgan fingerprint density at radius 1 is 0.667 bits per heavy atom. The molecule has 0 aliphatic heterocycles. The van der Waals surface area contributed by atoms with Gasteiger partial charge in [-0.2, -0.15) is 0 Å². The molecule has 0 fully saturated rings. The highest BCUT2D eigenvalue weighted by Crippen LogP contribution is 2.38. The monoisotopic (exact) mass is 350 g/mol. The first kappa shape index (κ1) is 17.3. The molecule has 24 heavy (non-hydrogen) atoms. The lowest BCUT2D eigenvalue weighted by Crippen LogP contribution is -2.24. The van der Waals surface area contributed by atoms with Crippen LogP contribution < -0.4 is 15.9 Å². The Labute approximate surface area is 152 Å². The Morgan fingerprint density at radius 2 is 1.17 bits per heavy atom. The zero-order valence-electron chi connectivity index (χ0n) is 14.4. The second-order valence-corrected chi connectivity index (χ2v) is 9.56. The largest absolute Gasteiger partial charge is 0.142 e. The van der Waals surface area contributed by atoms with E-state index in [0.717, 1.165) is 4.90 Å². The van der Waals surface area contributed by atoms with Crippen LogP contribution in [0.25, 0.3) is 0 Å². The minimum absolute atomic E-state index is 0.0848. The van der Waals surface area contributed by atoms with Gasteiger partial charge in [0.1, 0.15) is 0 Å². The van der Waals surface area contributed by atoms with Crippen LogP contribution in [0.15, 0.2) is 83.8 Å². The highest BCUT2D eigenvalue weighted by molar-refractivity contribution is 7.84. The van der Waals surface area contributed by atoms with Gasteiger partial charge in [0.2, 0.25) is 0 Å². The Kier molecular flexibility index (Phi) is 5.13. The number of benzene rings is 3. The molecular formula is C22H23PS. The van der Waals surface area contributed by atoms with Gasteiger partial charge in [-0.05, 0) is 34.8 Å². The van der Waals surface area contributed by atoms with Crippen LogP contribution in [0, 0.1) is 0 Å². The molecule has 0 bridgehead atoms. The molecule has 3 aromatic rings. The number of hydrogen-bond donors (Lipinski definition) is 1. The molecule has 0 radical (unpaired) electrons. The highest BCUT2D eigenvalue weighted by Gasteiger charge is 2.23. The van der Waals surface area contributed by atoms with Crippen molar-refractivity contribution in [1.82, 2.24) is 0 Å². The molecule has 0 nitrogen and oxygen atoms in total. The van der Waals surface area contributed by atoms with Crippen molar-refractivity contribution in [2.75, 3.05) is 0 Å².